The van der Waals surface area contributed by atoms with Crippen LogP contribution in [-0.4, -0.2) is 44.9 Å². The summed E-state index contributed by atoms with van der Waals surface area (Å²) in [7, 11) is 0. The molecule has 1 aromatic carbocycles. The number of fused-ring (bicyclic) bond motifs is 1. The van der Waals surface area contributed by atoms with Gasteiger partial charge in [-0.2, -0.15) is 0 Å². The maximum absolute atomic E-state index is 13.0. The van der Waals surface area contributed by atoms with E-state index in [9.17, 15) is 4.79 Å². The minimum atomic E-state index is 0.0177. The zero-order valence-electron chi connectivity index (χ0n) is 12.3. The van der Waals surface area contributed by atoms with Gasteiger partial charge >= 0.3 is 0 Å². The standard InChI is InChI=1S/C16H19N3O3/c17-10-1-2-14-12(7-10)15(13-9-22-6-4-18-13)16(20)19(14)11-3-5-21-8-11/h1-2,7,11,18H,3-6,8-9,17H2/b15-13-. The molecular weight excluding hydrogens is 282 g/mol. The van der Waals surface area contributed by atoms with Crippen molar-refractivity contribution in [2.45, 2.75) is 12.5 Å². The van der Waals surface area contributed by atoms with Crippen LogP contribution in [0.15, 0.2) is 23.9 Å². The molecular formula is C16H19N3O3. The molecule has 0 radical (unpaired) electrons. The van der Waals surface area contributed by atoms with Crippen LogP contribution < -0.4 is 16.0 Å². The summed E-state index contributed by atoms with van der Waals surface area (Å²) >= 11 is 0. The average Bonchev–Trinajstić information content (AvgIpc) is 3.13. The Hall–Kier alpha value is -2.05. The summed E-state index contributed by atoms with van der Waals surface area (Å²) in [5, 5.41) is 3.30. The van der Waals surface area contributed by atoms with E-state index in [0.29, 0.717) is 37.7 Å². The van der Waals surface area contributed by atoms with Crippen molar-refractivity contribution < 1.29 is 14.3 Å². The second-order valence-corrected chi connectivity index (χ2v) is 5.80. The molecule has 6 nitrogen and oxygen atoms in total. The van der Waals surface area contributed by atoms with E-state index < -0.39 is 0 Å². The first-order valence-corrected chi connectivity index (χ1v) is 7.61. The Morgan fingerprint density at radius 1 is 1.27 bits per heavy atom. The SMILES string of the molecule is Nc1ccc2c(c1)/C(=C1\COCCN1)C(=O)N2C1CCOC1. The van der Waals surface area contributed by atoms with Crippen LogP contribution in [0.3, 0.4) is 0 Å². The minimum Gasteiger partial charge on any atom is -0.399 e. The highest BCUT2D eigenvalue weighted by atomic mass is 16.5. The molecule has 0 aromatic heterocycles. The van der Waals surface area contributed by atoms with Gasteiger partial charge in [0.25, 0.3) is 5.91 Å². The first kappa shape index (κ1) is 13.6. The molecule has 1 unspecified atom stereocenters. The third-order valence-corrected chi connectivity index (χ3v) is 4.39. The summed E-state index contributed by atoms with van der Waals surface area (Å²) in [6.45, 7) is 3.10. The number of nitrogens with zero attached hydrogens (tertiary/aromatic N) is 1. The predicted molar refractivity (Wildman–Crippen MR) is 83.3 cm³/mol. The molecule has 0 spiro atoms. The Bertz CT molecular complexity index is 642. The van der Waals surface area contributed by atoms with Gasteiger partial charge in [-0.05, 0) is 24.6 Å². The number of benzene rings is 1. The minimum absolute atomic E-state index is 0.0177. The number of morpholine rings is 1. The topological polar surface area (TPSA) is 76.8 Å². The molecule has 6 heteroatoms. The van der Waals surface area contributed by atoms with Gasteiger partial charge in [0.15, 0.2) is 0 Å². The van der Waals surface area contributed by atoms with Crippen molar-refractivity contribution in [3.63, 3.8) is 0 Å². The lowest BCUT2D eigenvalue weighted by Gasteiger charge is -2.24. The largest absolute Gasteiger partial charge is 0.399 e. The van der Waals surface area contributed by atoms with Gasteiger partial charge in [-0.25, -0.2) is 0 Å². The van der Waals surface area contributed by atoms with Gasteiger partial charge in [0.1, 0.15) is 0 Å². The maximum atomic E-state index is 13.0. The number of rotatable bonds is 1. The van der Waals surface area contributed by atoms with Crippen molar-refractivity contribution in [3.05, 3.63) is 29.5 Å². The van der Waals surface area contributed by atoms with Crippen LogP contribution in [0.4, 0.5) is 11.4 Å². The fraction of sp³-hybridized carbons (Fsp3) is 0.438. The molecule has 3 aliphatic rings. The summed E-state index contributed by atoms with van der Waals surface area (Å²) < 4.78 is 11.0. The highest BCUT2D eigenvalue weighted by Gasteiger charge is 2.40. The summed E-state index contributed by atoms with van der Waals surface area (Å²) in [5.41, 5.74) is 9.95. The molecule has 1 atom stereocenters. The number of nitrogens with two attached hydrogens (primary N) is 1. The lowest BCUT2D eigenvalue weighted by molar-refractivity contribution is -0.113. The Morgan fingerprint density at radius 2 is 2.18 bits per heavy atom. The maximum Gasteiger partial charge on any atom is 0.261 e. The van der Waals surface area contributed by atoms with E-state index in [0.717, 1.165) is 29.9 Å². The van der Waals surface area contributed by atoms with Gasteiger partial charge in [0.2, 0.25) is 0 Å². The monoisotopic (exact) mass is 301 g/mol. The van der Waals surface area contributed by atoms with Gasteiger partial charge in [-0.3, -0.25) is 4.79 Å². The number of amides is 1. The normalized spacial score (nSPS) is 27.9. The van der Waals surface area contributed by atoms with E-state index in [2.05, 4.69) is 5.32 Å². The van der Waals surface area contributed by atoms with Crippen molar-refractivity contribution in [1.82, 2.24) is 5.32 Å². The van der Waals surface area contributed by atoms with Crippen LogP contribution in [-0.2, 0) is 14.3 Å². The molecule has 3 heterocycles. The Labute approximate surface area is 128 Å². The molecule has 0 aliphatic carbocycles. The predicted octanol–water partition coefficient (Wildman–Crippen LogP) is 0.735. The van der Waals surface area contributed by atoms with Crippen LogP contribution in [0.1, 0.15) is 12.0 Å². The Kier molecular flexibility index (Phi) is 3.28. The smallest absolute Gasteiger partial charge is 0.261 e. The lowest BCUT2D eigenvalue weighted by Crippen LogP contribution is -2.39. The third-order valence-electron chi connectivity index (χ3n) is 4.39. The van der Waals surface area contributed by atoms with Crippen LogP contribution in [0.5, 0.6) is 0 Å². The summed E-state index contributed by atoms with van der Waals surface area (Å²) in [5.74, 6) is 0.0177. The molecule has 3 N–H and O–H groups in total. The van der Waals surface area contributed by atoms with Crippen LogP contribution in [0.25, 0.3) is 5.57 Å². The summed E-state index contributed by atoms with van der Waals surface area (Å²) in [6.07, 6.45) is 0.863. The first-order valence-electron chi connectivity index (χ1n) is 7.61. The molecule has 3 aliphatic heterocycles. The number of hydrogen-bond donors (Lipinski definition) is 2. The Balaban J connectivity index is 1.83. The van der Waals surface area contributed by atoms with Gasteiger partial charge in [0.05, 0.1) is 42.8 Å². The number of nitrogens with one attached hydrogen (secondary N) is 1. The molecule has 1 aromatic rings. The second kappa shape index (κ2) is 5.30. The number of nitrogen functional groups attached to an aromatic ring is 1. The van der Waals surface area contributed by atoms with Gasteiger partial charge in [0, 0.05) is 24.4 Å². The molecule has 116 valence electrons. The molecule has 22 heavy (non-hydrogen) atoms. The van der Waals surface area contributed by atoms with Crippen molar-refractivity contribution in [2.24, 2.45) is 0 Å². The highest BCUT2D eigenvalue weighted by Crippen LogP contribution is 2.41. The Morgan fingerprint density at radius 3 is 2.91 bits per heavy atom. The summed E-state index contributed by atoms with van der Waals surface area (Å²) in [6, 6.07) is 5.74. The van der Waals surface area contributed by atoms with E-state index in [1.807, 2.05) is 23.1 Å². The fourth-order valence-electron chi connectivity index (χ4n) is 3.35. The van der Waals surface area contributed by atoms with Crippen molar-refractivity contribution in [1.29, 1.82) is 0 Å². The number of anilines is 2. The molecule has 4 rings (SSSR count). The van der Waals surface area contributed by atoms with Crippen LogP contribution in [0.2, 0.25) is 0 Å². The summed E-state index contributed by atoms with van der Waals surface area (Å²) in [4.78, 5) is 14.9. The van der Waals surface area contributed by atoms with Crippen LogP contribution >= 0.6 is 0 Å². The lowest BCUT2D eigenvalue weighted by atomic mass is 10.0. The molecule has 2 saturated heterocycles. The van der Waals surface area contributed by atoms with Gasteiger partial charge in [-0.1, -0.05) is 0 Å². The second-order valence-electron chi connectivity index (χ2n) is 5.80. The zero-order chi connectivity index (χ0) is 15.1. The first-order chi connectivity index (χ1) is 10.8. The van der Waals surface area contributed by atoms with Crippen molar-refractivity contribution in [3.8, 4) is 0 Å². The molecule has 2 fully saturated rings. The number of ether oxygens (including phenoxy) is 2. The van der Waals surface area contributed by atoms with Crippen molar-refractivity contribution >= 4 is 22.9 Å². The van der Waals surface area contributed by atoms with E-state index >= 15 is 0 Å². The zero-order valence-corrected chi connectivity index (χ0v) is 12.3. The number of carbonyl (C=O) groups excluding carboxylic acids is 1. The number of hydrogen-bond acceptors (Lipinski definition) is 5. The molecule has 0 bridgehead atoms. The molecule has 1 amide bonds. The number of carbonyl (C=O) groups is 1. The van der Waals surface area contributed by atoms with Crippen LogP contribution in [0, 0.1) is 0 Å². The van der Waals surface area contributed by atoms with Gasteiger partial charge in [-0.15, -0.1) is 0 Å². The van der Waals surface area contributed by atoms with E-state index in [4.69, 9.17) is 15.2 Å². The fourth-order valence-corrected chi connectivity index (χ4v) is 3.35. The van der Waals surface area contributed by atoms with E-state index in [-0.39, 0.29) is 11.9 Å². The quantitative estimate of drug-likeness (QED) is 0.591. The van der Waals surface area contributed by atoms with E-state index in [1.165, 1.54) is 0 Å². The third kappa shape index (κ3) is 2.07. The van der Waals surface area contributed by atoms with Crippen molar-refractivity contribution in [2.75, 3.05) is 43.6 Å². The highest BCUT2D eigenvalue weighted by molar-refractivity contribution is 6.33. The van der Waals surface area contributed by atoms with Gasteiger partial charge < -0.3 is 25.4 Å². The average molecular weight is 301 g/mol. The van der Waals surface area contributed by atoms with E-state index in [1.54, 1.807) is 0 Å². The molecule has 0 saturated carbocycles.